The molecule has 156 valence electrons. The zero-order chi connectivity index (χ0) is 21.1. The molecule has 30 heavy (non-hydrogen) atoms. The first-order chi connectivity index (χ1) is 14.6. The first-order valence-electron chi connectivity index (χ1n) is 9.38. The summed E-state index contributed by atoms with van der Waals surface area (Å²) in [4.78, 5) is 17.0. The Kier molecular flexibility index (Phi) is 5.83. The van der Waals surface area contributed by atoms with Crippen LogP contribution in [0.1, 0.15) is 12.0 Å². The van der Waals surface area contributed by atoms with E-state index in [1.54, 1.807) is 26.4 Å². The topological polar surface area (TPSA) is 69.7 Å². The smallest absolute Gasteiger partial charge is 0.230 e. The summed E-state index contributed by atoms with van der Waals surface area (Å²) in [6, 6.07) is 15.4. The van der Waals surface area contributed by atoms with Crippen LogP contribution in [-0.4, -0.2) is 31.7 Å². The Morgan fingerprint density at radius 2 is 1.97 bits per heavy atom. The van der Waals surface area contributed by atoms with Crippen molar-refractivity contribution in [3.8, 4) is 17.2 Å². The number of rotatable bonds is 8. The second-order valence-electron chi connectivity index (χ2n) is 7.04. The number of methoxy groups -OCH3 is 2. The molecule has 2 unspecified atom stereocenters. The van der Waals surface area contributed by atoms with Crippen LogP contribution < -0.4 is 19.5 Å². The summed E-state index contributed by atoms with van der Waals surface area (Å²) >= 11 is 7.16. The minimum Gasteiger partial charge on any atom is -0.493 e. The van der Waals surface area contributed by atoms with Gasteiger partial charge in [0.2, 0.25) is 5.91 Å². The van der Waals surface area contributed by atoms with Crippen LogP contribution in [0.25, 0.3) is 0 Å². The van der Waals surface area contributed by atoms with Crippen molar-refractivity contribution in [2.24, 2.45) is 5.92 Å². The SMILES string of the molecule is COc1ccc(OCC2(c3ccccc3)CC2C(=O)Nc2ncc(Cl)s2)cc1OC. The van der Waals surface area contributed by atoms with Crippen molar-refractivity contribution in [2.75, 3.05) is 26.1 Å². The molecule has 1 saturated carbocycles. The molecule has 6 nitrogen and oxygen atoms in total. The Hall–Kier alpha value is -2.77. The summed E-state index contributed by atoms with van der Waals surface area (Å²) in [5.41, 5.74) is 0.669. The highest BCUT2D eigenvalue weighted by Crippen LogP contribution is 2.55. The van der Waals surface area contributed by atoms with E-state index in [0.29, 0.717) is 39.7 Å². The number of anilines is 1. The van der Waals surface area contributed by atoms with E-state index in [1.807, 2.05) is 36.4 Å². The van der Waals surface area contributed by atoms with E-state index in [9.17, 15) is 4.79 Å². The Balaban J connectivity index is 1.53. The van der Waals surface area contributed by atoms with Crippen molar-refractivity contribution in [1.82, 2.24) is 4.98 Å². The minimum atomic E-state index is -0.403. The van der Waals surface area contributed by atoms with Crippen molar-refractivity contribution >= 4 is 34.0 Å². The second-order valence-corrected chi connectivity index (χ2v) is 8.71. The molecule has 1 fully saturated rings. The average Bonchev–Trinajstić information content (AvgIpc) is 3.39. The van der Waals surface area contributed by atoms with Crippen molar-refractivity contribution < 1.29 is 19.0 Å². The molecule has 0 radical (unpaired) electrons. The van der Waals surface area contributed by atoms with Crippen LogP contribution in [0.15, 0.2) is 54.7 Å². The van der Waals surface area contributed by atoms with Gasteiger partial charge in [0.25, 0.3) is 0 Å². The standard InChI is InChI=1S/C22H21ClN2O4S/c1-27-17-9-8-15(10-18(17)28-2)29-13-22(14-6-4-3-5-7-14)11-16(22)20(26)25-21-24-12-19(23)30-21/h3-10,12,16H,11,13H2,1-2H3,(H,24,25,26). The maximum atomic E-state index is 12.9. The third-order valence-corrected chi connectivity index (χ3v) is 6.33. The molecule has 0 bridgehead atoms. The highest BCUT2D eigenvalue weighted by molar-refractivity contribution is 7.19. The third-order valence-electron chi connectivity index (χ3n) is 5.30. The number of nitrogens with one attached hydrogen (secondary N) is 1. The van der Waals surface area contributed by atoms with Gasteiger partial charge in [0.05, 0.1) is 32.9 Å². The molecule has 2 aromatic carbocycles. The van der Waals surface area contributed by atoms with E-state index >= 15 is 0 Å². The zero-order valence-electron chi connectivity index (χ0n) is 16.6. The van der Waals surface area contributed by atoms with Crippen LogP contribution in [0.3, 0.4) is 0 Å². The van der Waals surface area contributed by atoms with Gasteiger partial charge in [-0.1, -0.05) is 53.3 Å². The van der Waals surface area contributed by atoms with Gasteiger partial charge in [-0.05, 0) is 24.1 Å². The highest BCUT2D eigenvalue weighted by atomic mass is 35.5. The number of nitrogens with zero attached hydrogens (tertiary/aromatic N) is 1. The molecule has 1 N–H and O–H groups in total. The maximum absolute atomic E-state index is 12.9. The molecule has 0 saturated heterocycles. The molecule has 2 atom stereocenters. The van der Waals surface area contributed by atoms with Crippen molar-refractivity contribution in [3.05, 3.63) is 64.6 Å². The number of carbonyl (C=O) groups excluding carboxylic acids is 1. The molecule has 1 heterocycles. The van der Waals surface area contributed by atoms with Gasteiger partial charge in [0, 0.05) is 11.5 Å². The summed E-state index contributed by atoms with van der Waals surface area (Å²) in [6.45, 7) is 0.364. The first-order valence-corrected chi connectivity index (χ1v) is 10.6. The van der Waals surface area contributed by atoms with Crippen LogP contribution in [0.5, 0.6) is 17.2 Å². The van der Waals surface area contributed by atoms with E-state index in [1.165, 1.54) is 17.5 Å². The van der Waals surface area contributed by atoms with Gasteiger partial charge in [-0.25, -0.2) is 4.98 Å². The van der Waals surface area contributed by atoms with Gasteiger partial charge in [-0.3, -0.25) is 4.79 Å². The summed E-state index contributed by atoms with van der Waals surface area (Å²) in [6.07, 6.45) is 2.22. The summed E-state index contributed by atoms with van der Waals surface area (Å²) in [5.74, 6) is 1.58. The Morgan fingerprint density at radius 1 is 1.20 bits per heavy atom. The number of ether oxygens (including phenoxy) is 3. The van der Waals surface area contributed by atoms with Gasteiger partial charge in [-0.2, -0.15) is 0 Å². The fourth-order valence-electron chi connectivity index (χ4n) is 3.60. The fraction of sp³-hybridized carbons (Fsp3) is 0.273. The summed E-state index contributed by atoms with van der Waals surface area (Å²) in [5, 5.41) is 3.37. The summed E-state index contributed by atoms with van der Waals surface area (Å²) < 4.78 is 17.3. The molecular weight excluding hydrogens is 424 g/mol. The number of amides is 1. The highest BCUT2D eigenvalue weighted by Gasteiger charge is 2.60. The number of carbonyl (C=O) groups is 1. The van der Waals surface area contributed by atoms with Crippen LogP contribution in [0.2, 0.25) is 4.34 Å². The normalized spacial score (nSPS) is 19.8. The van der Waals surface area contributed by atoms with E-state index in [4.69, 9.17) is 25.8 Å². The Labute approximate surface area is 183 Å². The van der Waals surface area contributed by atoms with Gasteiger partial charge in [0.15, 0.2) is 16.6 Å². The number of thiazole rings is 1. The minimum absolute atomic E-state index is 0.0826. The van der Waals surface area contributed by atoms with Crippen LogP contribution in [0, 0.1) is 5.92 Å². The predicted molar refractivity (Wildman–Crippen MR) is 117 cm³/mol. The quantitative estimate of drug-likeness (QED) is 0.541. The lowest BCUT2D eigenvalue weighted by atomic mass is 9.94. The molecule has 3 aromatic rings. The van der Waals surface area contributed by atoms with Crippen molar-refractivity contribution in [3.63, 3.8) is 0 Å². The van der Waals surface area contributed by atoms with Crippen molar-refractivity contribution in [1.29, 1.82) is 0 Å². The fourth-order valence-corrected chi connectivity index (χ4v) is 4.42. The van der Waals surface area contributed by atoms with Crippen LogP contribution in [-0.2, 0) is 10.2 Å². The molecule has 8 heteroatoms. The third kappa shape index (κ3) is 4.08. The lowest BCUT2D eigenvalue weighted by Crippen LogP contribution is -2.26. The van der Waals surface area contributed by atoms with E-state index in [0.717, 1.165) is 5.56 Å². The van der Waals surface area contributed by atoms with E-state index in [2.05, 4.69) is 10.3 Å². The van der Waals surface area contributed by atoms with Gasteiger partial charge >= 0.3 is 0 Å². The number of hydrogen-bond acceptors (Lipinski definition) is 6. The van der Waals surface area contributed by atoms with Gasteiger partial charge in [0.1, 0.15) is 10.1 Å². The zero-order valence-corrected chi connectivity index (χ0v) is 18.1. The lowest BCUT2D eigenvalue weighted by Gasteiger charge is -2.19. The number of halogens is 1. The molecule has 1 aliphatic rings. The van der Waals surface area contributed by atoms with E-state index in [-0.39, 0.29) is 11.8 Å². The van der Waals surface area contributed by atoms with Gasteiger partial charge in [-0.15, -0.1) is 0 Å². The molecule has 1 aliphatic carbocycles. The molecule has 4 rings (SSSR count). The largest absolute Gasteiger partial charge is 0.493 e. The van der Waals surface area contributed by atoms with Crippen molar-refractivity contribution in [2.45, 2.75) is 11.8 Å². The molecule has 0 aliphatic heterocycles. The monoisotopic (exact) mass is 444 g/mol. The predicted octanol–water partition coefficient (Wildman–Crippen LogP) is 4.79. The summed E-state index contributed by atoms with van der Waals surface area (Å²) in [7, 11) is 3.17. The average molecular weight is 445 g/mol. The lowest BCUT2D eigenvalue weighted by molar-refractivity contribution is -0.117. The number of benzene rings is 2. The number of hydrogen-bond donors (Lipinski definition) is 1. The molecular formula is C22H21ClN2O4S. The first kappa shape index (κ1) is 20.5. The maximum Gasteiger partial charge on any atom is 0.230 e. The number of aromatic nitrogens is 1. The molecule has 1 amide bonds. The second kappa shape index (κ2) is 8.53. The van der Waals surface area contributed by atoms with Crippen LogP contribution in [0.4, 0.5) is 5.13 Å². The Morgan fingerprint density at radius 3 is 2.63 bits per heavy atom. The molecule has 0 spiro atoms. The van der Waals surface area contributed by atoms with E-state index < -0.39 is 5.41 Å². The Bertz CT molecular complexity index is 1040. The van der Waals surface area contributed by atoms with Gasteiger partial charge < -0.3 is 19.5 Å². The van der Waals surface area contributed by atoms with Crippen LogP contribution >= 0.6 is 22.9 Å². The molecule has 1 aromatic heterocycles.